The molecule has 0 radical (unpaired) electrons. The molecule has 1 fully saturated rings. The molecule has 1 saturated heterocycles. The molecule has 8 nitrogen and oxygen atoms in total. The second kappa shape index (κ2) is 9.46. The minimum atomic E-state index is -0.188. The van der Waals surface area contributed by atoms with E-state index in [-0.39, 0.29) is 17.8 Å². The number of aryl methyl sites for hydroxylation is 1. The van der Waals surface area contributed by atoms with Gasteiger partial charge in [-0.3, -0.25) is 4.79 Å². The summed E-state index contributed by atoms with van der Waals surface area (Å²) in [5, 5.41) is 3.41. The zero-order chi connectivity index (χ0) is 24.5. The van der Waals surface area contributed by atoms with Crippen molar-refractivity contribution in [3.05, 3.63) is 70.1 Å². The Hall–Kier alpha value is -3.78. The Bertz CT molecular complexity index is 1400. The number of nitrogens with two attached hydrogens (primary N) is 1. The summed E-state index contributed by atoms with van der Waals surface area (Å²) in [6.07, 6.45) is 2.80. The number of H-pyrrole nitrogens is 2. The predicted octanol–water partition coefficient (Wildman–Crippen LogP) is 4.08. The topological polar surface area (TPSA) is 112 Å². The number of nitrogens with zero attached hydrogens (tertiary/aromatic N) is 2. The second-order valence-electron chi connectivity index (χ2n) is 9.42. The number of fused-ring (bicyclic) bond motifs is 1. The smallest absolute Gasteiger partial charge is 0.261 e. The molecule has 8 heteroatoms. The third kappa shape index (κ3) is 4.88. The fourth-order valence-electron chi connectivity index (χ4n) is 4.91. The van der Waals surface area contributed by atoms with Crippen molar-refractivity contribution in [2.24, 2.45) is 0 Å². The molecule has 3 heterocycles. The van der Waals surface area contributed by atoms with Crippen LogP contribution in [-0.4, -0.2) is 46.8 Å². The van der Waals surface area contributed by atoms with Crippen LogP contribution in [0.1, 0.15) is 25.0 Å². The van der Waals surface area contributed by atoms with Crippen LogP contribution in [0.4, 0.5) is 17.1 Å². The minimum Gasteiger partial charge on any atom is -0.399 e. The van der Waals surface area contributed by atoms with Crippen molar-refractivity contribution in [2.45, 2.75) is 39.4 Å². The molecule has 0 saturated carbocycles. The monoisotopic (exact) mass is 472 g/mol. The van der Waals surface area contributed by atoms with E-state index in [1.807, 2.05) is 30.3 Å². The quantitative estimate of drug-likeness (QED) is 0.315. The SMILES string of the molecule is Cc1cc(N2C[C@@H](C)O[C@@H](C)C2)cc2[nH]c(-c3c(NCCc4cccc(N)c4)cc[nH]c3=O)nc12. The molecular weight excluding hydrogens is 440 g/mol. The first-order valence-electron chi connectivity index (χ1n) is 12.1. The molecule has 0 unspecified atom stereocenters. The maximum Gasteiger partial charge on any atom is 0.261 e. The van der Waals surface area contributed by atoms with Gasteiger partial charge in [-0.25, -0.2) is 4.98 Å². The fourth-order valence-corrected chi connectivity index (χ4v) is 4.91. The van der Waals surface area contributed by atoms with E-state index in [0.717, 1.165) is 58.7 Å². The first-order chi connectivity index (χ1) is 16.9. The van der Waals surface area contributed by atoms with Crippen LogP contribution in [0.25, 0.3) is 22.4 Å². The van der Waals surface area contributed by atoms with Gasteiger partial charge in [-0.1, -0.05) is 12.1 Å². The summed E-state index contributed by atoms with van der Waals surface area (Å²) in [6.45, 7) is 8.61. The summed E-state index contributed by atoms with van der Waals surface area (Å²) in [5.41, 5.74) is 12.8. The summed E-state index contributed by atoms with van der Waals surface area (Å²) in [4.78, 5) is 26.2. The van der Waals surface area contributed by atoms with Gasteiger partial charge in [-0.15, -0.1) is 0 Å². The number of nitrogen functional groups attached to an aromatic ring is 1. The van der Waals surface area contributed by atoms with Gasteiger partial charge in [0.2, 0.25) is 0 Å². The molecule has 2 aromatic carbocycles. The van der Waals surface area contributed by atoms with Gasteiger partial charge in [0, 0.05) is 37.2 Å². The number of aromatic amines is 2. The largest absolute Gasteiger partial charge is 0.399 e. The van der Waals surface area contributed by atoms with Gasteiger partial charge >= 0.3 is 0 Å². The van der Waals surface area contributed by atoms with Crippen LogP contribution < -0.4 is 21.5 Å². The number of anilines is 3. The third-order valence-corrected chi connectivity index (χ3v) is 6.42. The van der Waals surface area contributed by atoms with Crippen molar-refractivity contribution in [1.82, 2.24) is 15.0 Å². The lowest BCUT2D eigenvalue weighted by atomic mass is 10.1. The maximum atomic E-state index is 12.9. The molecule has 182 valence electrons. The van der Waals surface area contributed by atoms with E-state index in [0.29, 0.717) is 17.9 Å². The lowest BCUT2D eigenvalue weighted by Gasteiger charge is -2.37. The van der Waals surface area contributed by atoms with Gasteiger partial charge < -0.3 is 30.7 Å². The summed E-state index contributed by atoms with van der Waals surface area (Å²) >= 11 is 0. The van der Waals surface area contributed by atoms with Gasteiger partial charge in [0.05, 0.1) is 28.9 Å². The van der Waals surface area contributed by atoms with Crippen LogP contribution in [0.2, 0.25) is 0 Å². The molecule has 0 aliphatic carbocycles. The second-order valence-corrected chi connectivity index (χ2v) is 9.42. The molecule has 5 rings (SSSR count). The molecule has 0 bridgehead atoms. The Kier molecular flexibility index (Phi) is 6.21. The maximum absolute atomic E-state index is 12.9. The number of hydrogen-bond donors (Lipinski definition) is 4. The highest BCUT2D eigenvalue weighted by molar-refractivity contribution is 5.87. The lowest BCUT2D eigenvalue weighted by molar-refractivity contribution is -0.00521. The fraction of sp³-hybridized carbons (Fsp3) is 0.333. The van der Waals surface area contributed by atoms with Gasteiger partial charge in [-0.05, 0) is 68.7 Å². The zero-order valence-electron chi connectivity index (χ0n) is 20.4. The zero-order valence-corrected chi connectivity index (χ0v) is 20.4. The van der Waals surface area contributed by atoms with Gasteiger partial charge in [0.15, 0.2) is 0 Å². The number of aromatic nitrogens is 3. The molecule has 2 aromatic heterocycles. The summed E-state index contributed by atoms with van der Waals surface area (Å²) in [7, 11) is 0. The average Bonchev–Trinajstić information content (AvgIpc) is 3.23. The Morgan fingerprint density at radius 1 is 1.17 bits per heavy atom. The molecule has 0 spiro atoms. The number of nitrogens with one attached hydrogen (secondary N) is 3. The van der Waals surface area contributed by atoms with Crippen LogP contribution in [0.3, 0.4) is 0 Å². The highest BCUT2D eigenvalue weighted by atomic mass is 16.5. The number of ether oxygens (including phenoxy) is 1. The average molecular weight is 473 g/mol. The molecule has 1 aliphatic heterocycles. The standard InChI is InChI=1S/C27H32N6O2/c1-16-11-21(33-14-17(2)35-18(3)15-33)13-23-25(16)32-26(31-23)24-22(8-10-30-27(24)34)29-9-7-19-5-4-6-20(28)12-19/h4-6,8,10-13,17-18H,7,9,14-15,28H2,1-3H3,(H,31,32)(H2,29,30,34)/t17-,18+. The number of benzene rings is 2. The highest BCUT2D eigenvalue weighted by Gasteiger charge is 2.23. The Morgan fingerprint density at radius 3 is 2.74 bits per heavy atom. The minimum absolute atomic E-state index is 0.177. The van der Waals surface area contributed by atoms with Crippen LogP contribution in [0, 0.1) is 6.92 Å². The molecule has 2 atom stereocenters. The van der Waals surface area contributed by atoms with E-state index in [1.54, 1.807) is 6.20 Å². The summed E-state index contributed by atoms with van der Waals surface area (Å²) < 4.78 is 5.90. The van der Waals surface area contributed by atoms with Crippen LogP contribution >= 0.6 is 0 Å². The van der Waals surface area contributed by atoms with E-state index >= 15 is 0 Å². The molecule has 1 aliphatic rings. The lowest BCUT2D eigenvalue weighted by Crippen LogP contribution is -2.45. The normalized spacial score (nSPS) is 18.2. The number of rotatable bonds is 6. The third-order valence-electron chi connectivity index (χ3n) is 6.42. The van der Waals surface area contributed by atoms with Gasteiger partial charge in [-0.2, -0.15) is 0 Å². The Labute approximate surface area is 204 Å². The molecule has 35 heavy (non-hydrogen) atoms. The van der Waals surface area contributed by atoms with Crippen LogP contribution in [0.5, 0.6) is 0 Å². The number of morpholine rings is 1. The highest BCUT2D eigenvalue weighted by Crippen LogP contribution is 2.30. The number of pyridine rings is 1. The van der Waals surface area contributed by atoms with E-state index in [9.17, 15) is 4.79 Å². The van der Waals surface area contributed by atoms with Crippen LogP contribution in [-0.2, 0) is 11.2 Å². The molecule has 4 aromatic rings. The van der Waals surface area contributed by atoms with Crippen molar-refractivity contribution in [1.29, 1.82) is 0 Å². The summed E-state index contributed by atoms with van der Waals surface area (Å²) in [6, 6.07) is 14.0. The van der Waals surface area contributed by atoms with Crippen molar-refractivity contribution in [3.63, 3.8) is 0 Å². The molecular formula is C27H32N6O2. The van der Waals surface area contributed by atoms with Crippen molar-refractivity contribution >= 4 is 28.1 Å². The van der Waals surface area contributed by atoms with E-state index in [4.69, 9.17) is 15.5 Å². The number of hydrogen-bond acceptors (Lipinski definition) is 6. The van der Waals surface area contributed by atoms with Crippen LogP contribution in [0.15, 0.2) is 53.5 Å². The van der Waals surface area contributed by atoms with E-state index in [1.165, 1.54) is 0 Å². The van der Waals surface area contributed by atoms with Gasteiger partial charge in [0.1, 0.15) is 11.4 Å². The molecule has 0 amide bonds. The Balaban J connectivity index is 1.44. The Morgan fingerprint density at radius 2 is 1.97 bits per heavy atom. The van der Waals surface area contributed by atoms with Crippen molar-refractivity contribution in [2.75, 3.05) is 35.6 Å². The predicted molar refractivity (Wildman–Crippen MR) is 142 cm³/mol. The van der Waals surface area contributed by atoms with Crippen molar-refractivity contribution in [3.8, 4) is 11.4 Å². The van der Waals surface area contributed by atoms with E-state index < -0.39 is 0 Å². The first-order valence-corrected chi connectivity index (χ1v) is 12.1. The van der Waals surface area contributed by atoms with E-state index in [2.05, 4.69) is 53.1 Å². The van der Waals surface area contributed by atoms with Crippen molar-refractivity contribution < 1.29 is 4.74 Å². The summed E-state index contributed by atoms with van der Waals surface area (Å²) in [5.74, 6) is 0.553. The number of imidazole rings is 1. The first kappa shape index (κ1) is 23.0. The molecule has 5 N–H and O–H groups in total. The van der Waals surface area contributed by atoms with Gasteiger partial charge in [0.25, 0.3) is 5.56 Å².